The van der Waals surface area contributed by atoms with Gasteiger partial charge in [-0.3, -0.25) is 10.1 Å². The highest BCUT2D eigenvalue weighted by Gasteiger charge is 2.15. The van der Waals surface area contributed by atoms with E-state index in [9.17, 15) is 4.79 Å². The van der Waals surface area contributed by atoms with Gasteiger partial charge in [-0.25, -0.2) is 0 Å². The molecule has 0 aromatic rings. The van der Waals surface area contributed by atoms with Gasteiger partial charge in [0.15, 0.2) is 6.19 Å². The van der Waals surface area contributed by atoms with Crippen LogP contribution < -0.4 is 5.32 Å². The van der Waals surface area contributed by atoms with Crippen LogP contribution in [0.5, 0.6) is 0 Å². The van der Waals surface area contributed by atoms with E-state index in [1.54, 1.807) is 6.19 Å². The molecule has 0 spiro atoms. The quantitative estimate of drug-likeness (QED) is 0.471. The van der Waals surface area contributed by atoms with E-state index in [-0.39, 0.29) is 5.91 Å². The summed E-state index contributed by atoms with van der Waals surface area (Å²) < 4.78 is 0. The van der Waals surface area contributed by atoms with Crippen LogP contribution in [-0.2, 0) is 4.79 Å². The van der Waals surface area contributed by atoms with Crippen LogP contribution in [0, 0.1) is 11.5 Å². The lowest BCUT2D eigenvalue weighted by Crippen LogP contribution is -2.21. The highest BCUT2D eigenvalue weighted by Crippen LogP contribution is 2.23. The largest absolute Gasteiger partial charge is 0.269 e. The van der Waals surface area contributed by atoms with Crippen molar-refractivity contribution < 1.29 is 4.79 Å². The van der Waals surface area contributed by atoms with Crippen molar-refractivity contribution in [2.24, 2.45) is 0 Å². The van der Waals surface area contributed by atoms with Gasteiger partial charge in [0.05, 0.1) is 0 Å². The van der Waals surface area contributed by atoms with E-state index in [0.29, 0.717) is 0 Å². The predicted octanol–water partition coefficient (Wildman–Crippen LogP) is 1.47. The Labute approximate surface area is 72.1 Å². The lowest BCUT2D eigenvalue weighted by Gasteiger charge is -2.15. The Morgan fingerprint density at radius 1 is 1.50 bits per heavy atom. The fourth-order valence-corrected chi connectivity index (χ4v) is 1.49. The van der Waals surface area contributed by atoms with Gasteiger partial charge >= 0.3 is 0 Å². The average molecular weight is 164 g/mol. The van der Waals surface area contributed by atoms with Gasteiger partial charge in [-0.2, -0.15) is 5.26 Å². The zero-order valence-electron chi connectivity index (χ0n) is 7.18. The van der Waals surface area contributed by atoms with Gasteiger partial charge < -0.3 is 0 Å². The van der Waals surface area contributed by atoms with E-state index < -0.39 is 0 Å². The normalized spacial score (nSPS) is 17.0. The van der Waals surface area contributed by atoms with Crippen molar-refractivity contribution in [1.29, 1.82) is 5.26 Å². The van der Waals surface area contributed by atoms with Crippen LogP contribution in [0.2, 0.25) is 0 Å². The number of carbonyl (C=O) groups is 1. The molecule has 0 fully saturated rings. The summed E-state index contributed by atoms with van der Waals surface area (Å²) in [5.74, 6) is -0.213. The van der Waals surface area contributed by atoms with Gasteiger partial charge in [0.1, 0.15) is 0 Å². The Kier molecular flexibility index (Phi) is 2.87. The van der Waals surface area contributed by atoms with Crippen LogP contribution in [0.15, 0.2) is 11.1 Å². The monoisotopic (exact) mass is 164 g/mol. The molecule has 0 aliphatic heterocycles. The van der Waals surface area contributed by atoms with Gasteiger partial charge in [0, 0.05) is 5.57 Å². The molecule has 64 valence electrons. The summed E-state index contributed by atoms with van der Waals surface area (Å²) in [6, 6.07) is 0. The summed E-state index contributed by atoms with van der Waals surface area (Å²) in [5.41, 5.74) is 1.94. The zero-order valence-corrected chi connectivity index (χ0v) is 7.18. The molecule has 0 atom stereocenters. The second kappa shape index (κ2) is 3.91. The number of allylic oxidation sites excluding steroid dienone is 1. The van der Waals surface area contributed by atoms with Crippen LogP contribution in [0.25, 0.3) is 0 Å². The maximum atomic E-state index is 11.2. The fraction of sp³-hybridized carbons (Fsp3) is 0.556. The third kappa shape index (κ3) is 1.85. The summed E-state index contributed by atoms with van der Waals surface area (Å²) in [5, 5.41) is 10.4. The smallest absolute Gasteiger partial charge is 0.260 e. The molecule has 1 amide bonds. The topological polar surface area (TPSA) is 52.9 Å². The van der Waals surface area contributed by atoms with E-state index in [4.69, 9.17) is 5.26 Å². The second-order valence-electron chi connectivity index (χ2n) is 3.03. The van der Waals surface area contributed by atoms with Crippen molar-refractivity contribution in [3.8, 4) is 6.19 Å². The molecule has 0 heterocycles. The number of nitrogens with one attached hydrogen (secondary N) is 1. The van der Waals surface area contributed by atoms with Crippen molar-refractivity contribution >= 4 is 5.91 Å². The number of carbonyl (C=O) groups excluding carboxylic acids is 1. The summed E-state index contributed by atoms with van der Waals surface area (Å²) in [4.78, 5) is 11.2. The van der Waals surface area contributed by atoms with Crippen molar-refractivity contribution in [1.82, 2.24) is 5.32 Å². The summed E-state index contributed by atoms with van der Waals surface area (Å²) in [6.07, 6.45) is 5.69. The van der Waals surface area contributed by atoms with Crippen molar-refractivity contribution in [2.45, 2.75) is 32.6 Å². The molecule has 1 aliphatic carbocycles. The van der Waals surface area contributed by atoms with Crippen molar-refractivity contribution in [2.75, 3.05) is 0 Å². The molecule has 0 radical (unpaired) electrons. The standard InChI is InChI=1S/C9H12N2O/c1-7-4-2-3-5-8(7)9(12)11-6-10/h2-5H2,1H3,(H,11,12). The molecule has 0 bridgehead atoms. The molecule has 3 heteroatoms. The third-order valence-corrected chi connectivity index (χ3v) is 2.19. The highest BCUT2D eigenvalue weighted by atomic mass is 16.1. The Morgan fingerprint density at radius 3 is 2.75 bits per heavy atom. The average Bonchev–Trinajstić information content (AvgIpc) is 2.05. The zero-order chi connectivity index (χ0) is 8.97. The van der Waals surface area contributed by atoms with E-state index in [0.717, 1.165) is 36.8 Å². The van der Waals surface area contributed by atoms with E-state index in [2.05, 4.69) is 5.32 Å². The Balaban J connectivity index is 2.72. The molecule has 0 unspecified atom stereocenters. The first kappa shape index (κ1) is 8.79. The number of rotatable bonds is 1. The van der Waals surface area contributed by atoms with E-state index in [1.807, 2.05) is 6.92 Å². The van der Waals surface area contributed by atoms with E-state index in [1.165, 1.54) is 0 Å². The van der Waals surface area contributed by atoms with Crippen LogP contribution in [-0.4, -0.2) is 5.91 Å². The number of hydrogen-bond donors (Lipinski definition) is 1. The summed E-state index contributed by atoms with van der Waals surface area (Å²) >= 11 is 0. The van der Waals surface area contributed by atoms with Gasteiger partial charge in [-0.15, -0.1) is 0 Å². The second-order valence-corrected chi connectivity index (χ2v) is 3.03. The first-order valence-corrected chi connectivity index (χ1v) is 4.13. The predicted molar refractivity (Wildman–Crippen MR) is 44.9 cm³/mol. The maximum Gasteiger partial charge on any atom is 0.260 e. The number of amides is 1. The van der Waals surface area contributed by atoms with Crippen LogP contribution in [0.1, 0.15) is 32.6 Å². The molecule has 1 rings (SSSR count). The maximum absolute atomic E-state index is 11.2. The lowest BCUT2D eigenvalue weighted by molar-refractivity contribution is -0.116. The highest BCUT2D eigenvalue weighted by molar-refractivity contribution is 5.95. The van der Waals surface area contributed by atoms with Crippen molar-refractivity contribution in [3.63, 3.8) is 0 Å². The molecule has 0 aromatic carbocycles. The van der Waals surface area contributed by atoms with Crippen LogP contribution in [0.4, 0.5) is 0 Å². The van der Waals surface area contributed by atoms with Gasteiger partial charge in [-0.1, -0.05) is 5.57 Å². The van der Waals surface area contributed by atoms with E-state index >= 15 is 0 Å². The minimum Gasteiger partial charge on any atom is -0.269 e. The molecular weight excluding hydrogens is 152 g/mol. The number of hydrogen-bond acceptors (Lipinski definition) is 2. The molecule has 0 saturated carbocycles. The van der Waals surface area contributed by atoms with Gasteiger partial charge in [-0.05, 0) is 32.6 Å². The van der Waals surface area contributed by atoms with Crippen molar-refractivity contribution in [3.05, 3.63) is 11.1 Å². The fourth-order valence-electron chi connectivity index (χ4n) is 1.49. The van der Waals surface area contributed by atoms with Gasteiger partial charge in [0.2, 0.25) is 0 Å². The Hall–Kier alpha value is -1.30. The van der Waals surface area contributed by atoms with Gasteiger partial charge in [0.25, 0.3) is 5.91 Å². The van der Waals surface area contributed by atoms with Crippen LogP contribution >= 0.6 is 0 Å². The number of nitriles is 1. The third-order valence-electron chi connectivity index (χ3n) is 2.19. The lowest BCUT2D eigenvalue weighted by atomic mass is 9.92. The van der Waals surface area contributed by atoms with Crippen LogP contribution in [0.3, 0.4) is 0 Å². The Morgan fingerprint density at radius 2 is 2.17 bits per heavy atom. The minimum atomic E-state index is -0.213. The SMILES string of the molecule is CC1=C(C(=O)NC#N)CCCC1. The summed E-state index contributed by atoms with van der Waals surface area (Å²) in [6.45, 7) is 1.96. The summed E-state index contributed by atoms with van der Waals surface area (Å²) in [7, 11) is 0. The molecule has 0 aromatic heterocycles. The molecular formula is C9H12N2O. The first-order valence-electron chi connectivity index (χ1n) is 4.13. The molecule has 3 nitrogen and oxygen atoms in total. The minimum absolute atomic E-state index is 0.213. The first-order chi connectivity index (χ1) is 5.75. The Bertz CT molecular complexity index is 260. The molecule has 1 N–H and O–H groups in total. The molecule has 12 heavy (non-hydrogen) atoms. The number of nitrogens with zero attached hydrogens (tertiary/aromatic N) is 1. The molecule has 1 aliphatic rings. The molecule has 0 saturated heterocycles.